The van der Waals surface area contributed by atoms with Crippen LogP contribution in [0.5, 0.6) is 0 Å². The first kappa shape index (κ1) is 25.8. The fraction of sp³-hybridized carbons (Fsp3) is 0.600. The Bertz CT molecular complexity index is 788. The molecule has 0 aromatic heterocycles. The fourth-order valence-corrected chi connectivity index (χ4v) is 4.76. The van der Waals surface area contributed by atoms with E-state index in [4.69, 9.17) is 0 Å². The number of hydrogen-bond acceptors (Lipinski definition) is 4. The molecule has 8 heteroatoms. The van der Waals surface area contributed by atoms with Gasteiger partial charge in [-0.3, -0.25) is 14.7 Å². The van der Waals surface area contributed by atoms with Gasteiger partial charge in [-0.05, 0) is 30.5 Å². The highest BCUT2D eigenvalue weighted by Crippen LogP contribution is 2.17. The maximum absolute atomic E-state index is 12.7. The molecule has 0 atom stereocenters. The third-order valence-corrected chi connectivity index (χ3v) is 6.77. The number of nitrogens with one attached hydrogen (secondary N) is 1. The van der Waals surface area contributed by atoms with Crippen LogP contribution in [0.3, 0.4) is 0 Å². The molecule has 1 N–H and O–H groups in total. The Morgan fingerprint density at radius 2 is 1.52 bits per heavy atom. The zero-order valence-electron chi connectivity index (χ0n) is 19.9. The highest BCUT2D eigenvalue weighted by atomic mass is 127. The zero-order valence-corrected chi connectivity index (χ0v) is 22.2. The van der Waals surface area contributed by atoms with E-state index < -0.39 is 0 Å². The number of halogens is 1. The van der Waals surface area contributed by atoms with Crippen LogP contribution in [0.4, 0.5) is 5.69 Å². The fourth-order valence-electron chi connectivity index (χ4n) is 4.76. The number of carbonyl (C=O) groups is 1. The van der Waals surface area contributed by atoms with Crippen molar-refractivity contribution in [2.24, 2.45) is 4.99 Å². The van der Waals surface area contributed by atoms with Gasteiger partial charge in [-0.25, -0.2) is 0 Å². The van der Waals surface area contributed by atoms with E-state index in [1.807, 2.05) is 7.05 Å². The topological polar surface area (TPSA) is 54.4 Å². The predicted octanol–water partition coefficient (Wildman–Crippen LogP) is 2.78. The molecule has 2 fully saturated rings. The van der Waals surface area contributed by atoms with Gasteiger partial charge < -0.3 is 20.0 Å². The standard InChI is InChI=1S/C25H38N6O.HI/c1-26-25(27-20-22-8-10-23(11-9-22)29-12-6-7-13-29)31-18-16-28(17-19-31)21-24(32)30-14-4-2-3-5-15-30;/h6-11H,2-5,12-21H2,1H3,(H,26,27);1H. The number of anilines is 1. The first-order chi connectivity index (χ1) is 15.7. The molecule has 1 aromatic carbocycles. The summed E-state index contributed by atoms with van der Waals surface area (Å²) in [5.74, 6) is 1.24. The molecule has 7 nitrogen and oxygen atoms in total. The molecule has 0 saturated carbocycles. The molecule has 2 saturated heterocycles. The van der Waals surface area contributed by atoms with Crippen LogP contribution in [0.2, 0.25) is 0 Å². The number of guanidine groups is 1. The normalized spacial score (nSPS) is 19.9. The van der Waals surface area contributed by atoms with Crippen molar-refractivity contribution in [2.45, 2.75) is 32.2 Å². The maximum atomic E-state index is 12.7. The van der Waals surface area contributed by atoms with Crippen LogP contribution < -0.4 is 10.2 Å². The molecule has 33 heavy (non-hydrogen) atoms. The lowest BCUT2D eigenvalue weighted by Crippen LogP contribution is -2.54. The molecule has 3 aliphatic heterocycles. The summed E-state index contributed by atoms with van der Waals surface area (Å²) >= 11 is 0. The number of aliphatic imine (C=N–C) groups is 1. The van der Waals surface area contributed by atoms with E-state index in [1.54, 1.807) is 0 Å². The molecule has 0 aliphatic carbocycles. The number of hydrogen-bond donors (Lipinski definition) is 1. The van der Waals surface area contributed by atoms with Gasteiger partial charge in [0.1, 0.15) is 0 Å². The van der Waals surface area contributed by atoms with Crippen molar-refractivity contribution in [3.63, 3.8) is 0 Å². The van der Waals surface area contributed by atoms with Crippen LogP contribution in [-0.4, -0.2) is 92.5 Å². The lowest BCUT2D eigenvalue weighted by atomic mass is 10.2. The molecule has 0 bridgehead atoms. The summed E-state index contributed by atoms with van der Waals surface area (Å²) in [4.78, 5) is 26.2. The number of likely N-dealkylation sites (tertiary alicyclic amines) is 1. The summed E-state index contributed by atoms with van der Waals surface area (Å²) in [6.45, 7) is 8.78. The van der Waals surface area contributed by atoms with Crippen LogP contribution in [0.15, 0.2) is 41.4 Å². The van der Waals surface area contributed by atoms with Gasteiger partial charge in [-0.1, -0.05) is 37.1 Å². The summed E-state index contributed by atoms with van der Waals surface area (Å²) in [5, 5.41) is 3.51. The number of piperazine rings is 1. The van der Waals surface area contributed by atoms with Gasteiger partial charge in [0.2, 0.25) is 5.91 Å². The van der Waals surface area contributed by atoms with Gasteiger partial charge in [0.15, 0.2) is 5.96 Å². The first-order valence-corrected chi connectivity index (χ1v) is 12.2. The number of benzene rings is 1. The van der Waals surface area contributed by atoms with Crippen molar-refractivity contribution >= 4 is 41.5 Å². The monoisotopic (exact) mass is 566 g/mol. The van der Waals surface area contributed by atoms with Crippen molar-refractivity contribution in [1.82, 2.24) is 20.0 Å². The van der Waals surface area contributed by atoms with E-state index in [0.29, 0.717) is 12.5 Å². The van der Waals surface area contributed by atoms with Crippen molar-refractivity contribution in [3.8, 4) is 0 Å². The Morgan fingerprint density at radius 3 is 2.12 bits per heavy atom. The third kappa shape index (κ3) is 7.34. The largest absolute Gasteiger partial charge is 0.364 e. The first-order valence-electron chi connectivity index (χ1n) is 12.2. The van der Waals surface area contributed by atoms with Crippen molar-refractivity contribution < 1.29 is 4.79 Å². The van der Waals surface area contributed by atoms with Crippen LogP contribution >= 0.6 is 24.0 Å². The Kier molecular flexibility index (Phi) is 10.3. The smallest absolute Gasteiger partial charge is 0.236 e. The van der Waals surface area contributed by atoms with Gasteiger partial charge in [0.05, 0.1) is 6.54 Å². The number of nitrogens with zero attached hydrogens (tertiary/aromatic N) is 5. The van der Waals surface area contributed by atoms with Crippen molar-refractivity contribution in [3.05, 3.63) is 42.0 Å². The van der Waals surface area contributed by atoms with E-state index in [0.717, 1.165) is 77.7 Å². The van der Waals surface area contributed by atoms with Crippen LogP contribution in [0.1, 0.15) is 31.2 Å². The lowest BCUT2D eigenvalue weighted by molar-refractivity contribution is -0.132. The zero-order chi connectivity index (χ0) is 22.2. The molecule has 1 aromatic rings. The van der Waals surface area contributed by atoms with Crippen LogP contribution in [0.25, 0.3) is 0 Å². The third-order valence-electron chi connectivity index (χ3n) is 6.77. The molecule has 0 radical (unpaired) electrons. The molecular weight excluding hydrogens is 527 g/mol. The maximum Gasteiger partial charge on any atom is 0.236 e. The number of amides is 1. The summed E-state index contributed by atoms with van der Waals surface area (Å²) < 4.78 is 0. The van der Waals surface area contributed by atoms with Crippen molar-refractivity contribution in [2.75, 3.05) is 70.9 Å². The number of carbonyl (C=O) groups excluding carboxylic acids is 1. The second-order valence-corrected chi connectivity index (χ2v) is 9.00. The van der Waals surface area contributed by atoms with E-state index in [2.05, 4.69) is 66.3 Å². The van der Waals surface area contributed by atoms with Gasteiger partial charge in [-0.2, -0.15) is 0 Å². The van der Waals surface area contributed by atoms with E-state index in [9.17, 15) is 4.79 Å². The second kappa shape index (κ2) is 13.2. The van der Waals surface area contributed by atoms with Gasteiger partial charge in [0, 0.05) is 71.6 Å². The molecule has 4 rings (SSSR count). The minimum atomic E-state index is 0. The quantitative estimate of drug-likeness (QED) is 0.257. The molecule has 3 aliphatic rings. The van der Waals surface area contributed by atoms with Crippen LogP contribution in [-0.2, 0) is 11.3 Å². The molecule has 0 spiro atoms. The van der Waals surface area contributed by atoms with E-state index in [-0.39, 0.29) is 24.0 Å². The lowest BCUT2D eigenvalue weighted by Gasteiger charge is -2.37. The Balaban J connectivity index is 0.00000306. The average Bonchev–Trinajstić information content (AvgIpc) is 3.23. The molecule has 3 heterocycles. The minimum Gasteiger partial charge on any atom is -0.364 e. The molecule has 182 valence electrons. The highest BCUT2D eigenvalue weighted by Gasteiger charge is 2.23. The van der Waals surface area contributed by atoms with Gasteiger partial charge in [-0.15, -0.1) is 24.0 Å². The summed E-state index contributed by atoms with van der Waals surface area (Å²) in [7, 11) is 1.85. The highest BCUT2D eigenvalue weighted by molar-refractivity contribution is 14.0. The summed E-state index contributed by atoms with van der Waals surface area (Å²) in [6.07, 6.45) is 9.25. The molecule has 0 unspecified atom stereocenters. The molecule has 1 amide bonds. The van der Waals surface area contributed by atoms with E-state index in [1.165, 1.54) is 24.1 Å². The van der Waals surface area contributed by atoms with Crippen LogP contribution in [0, 0.1) is 0 Å². The van der Waals surface area contributed by atoms with Gasteiger partial charge in [0.25, 0.3) is 0 Å². The summed E-state index contributed by atoms with van der Waals surface area (Å²) in [6, 6.07) is 8.79. The predicted molar refractivity (Wildman–Crippen MR) is 146 cm³/mol. The van der Waals surface area contributed by atoms with E-state index >= 15 is 0 Å². The Hall–Kier alpha value is -1.81. The summed E-state index contributed by atoms with van der Waals surface area (Å²) in [5.41, 5.74) is 2.53. The second-order valence-electron chi connectivity index (χ2n) is 9.00. The number of rotatable bonds is 5. The SMILES string of the molecule is CN=C(NCc1ccc(N2CC=CC2)cc1)N1CCN(CC(=O)N2CCCCCC2)CC1.I. The van der Waals surface area contributed by atoms with Gasteiger partial charge >= 0.3 is 0 Å². The minimum absolute atomic E-state index is 0. The average molecular weight is 567 g/mol. The Labute approximate surface area is 215 Å². The van der Waals surface area contributed by atoms with Crippen molar-refractivity contribution in [1.29, 1.82) is 0 Å². The Morgan fingerprint density at radius 1 is 0.879 bits per heavy atom. The molecular formula is C25H39IN6O.